The van der Waals surface area contributed by atoms with E-state index in [0.717, 1.165) is 42.6 Å². The Morgan fingerprint density at radius 2 is 2.06 bits per heavy atom. The number of ether oxygens (including phenoxy) is 1. The highest BCUT2D eigenvalue weighted by molar-refractivity contribution is 7.99. The molecule has 0 saturated heterocycles. The summed E-state index contributed by atoms with van der Waals surface area (Å²) in [5.74, 6) is 1.67. The summed E-state index contributed by atoms with van der Waals surface area (Å²) in [4.78, 5) is 8.69. The highest BCUT2D eigenvalue weighted by atomic mass is 32.2. The number of rotatable bonds is 9. The molecular formula is C13H23N3OS. The molecule has 0 spiro atoms. The van der Waals surface area contributed by atoms with Crippen molar-refractivity contribution >= 4 is 11.8 Å². The molecule has 1 heterocycles. The van der Waals surface area contributed by atoms with Gasteiger partial charge in [0.15, 0.2) is 5.16 Å². The van der Waals surface area contributed by atoms with Crippen LogP contribution in [0, 0.1) is 5.92 Å². The predicted octanol–water partition coefficient (Wildman–Crippen LogP) is 2.35. The maximum Gasteiger partial charge on any atom is 0.187 e. The first-order valence-electron chi connectivity index (χ1n) is 6.35. The largest absolute Gasteiger partial charge is 0.385 e. The lowest BCUT2D eigenvalue weighted by Crippen LogP contribution is -2.19. The monoisotopic (exact) mass is 269 g/mol. The van der Waals surface area contributed by atoms with E-state index in [-0.39, 0.29) is 0 Å². The minimum atomic E-state index is 0.668. The van der Waals surface area contributed by atoms with Gasteiger partial charge >= 0.3 is 0 Å². The number of nitrogens with one attached hydrogen (secondary N) is 1. The average molecular weight is 269 g/mol. The SMILES string of the molecule is COCCCSc1ncc(CNCC(C)C)cn1. The van der Waals surface area contributed by atoms with Crippen molar-refractivity contribution in [2.24, 2.45) is 5.92 Å². The molecule has 0 bridgehead atoms. The zero-order chi connectivity index (χ0) is 13.2. The van der Waals surface area contributed by atoms with E-state index in [1.54, 1.807) is 18.9 Å². The average Bonchev–Trinajstić information content (AvgIpc) is 2.36. The lowest BCUT2D eigenvalue weighted by Gasteiger charge is -2.07. The lowest BCUT2D eigenvalue weighted by molar-refractivity contribution is 0.200. The molecular weight excluding hydrogens is 246 g/mol. The van der Waals surface area contributed by atoms with Gasteiger partial charge in [0.05, 0.1) is 0 Å². The van der Waals surface area contributed by atoms with E-state index in [1.807, 2.05) is 12.4 Å². The van der Waals surface area contributed by atoms with Crippen molar-refractivity contribution in [2.45, 2.75) is 32.0 Å². The molecule has 0 atom stereocenters. The third-order valence-corrected chi connectivity index (χ3v) is 3.25. The molecule has 0 unspecified atom stereocenters. The van der Waals surface area contributed by atoms with Crippen LogP contribution in [-0.2, 0) is 11.3 Å². The fourth-order valence-corrected chi connectivity index (χ4v) is 2.08. The van der Waals surface area contributed by atoms with Crippen molar-refractivity contribution in [1.29, 1.82) is 0 Å². The van der Waals surface area contributed by atoms with Gasteiger partial charge in [0, 0.05) is 44.0 Å². The summed E-state index contributed by atoms with van der Waals surface area (Å²) in [5.41, 5.74) is 1.14. The van der Waals surface area contributed by atoms with E-state index >= 15 is 0 Å². The van der Waals surface area contributed by atoms with Crippen molar-refractivity contribution in [2.75, 3.05) is 26.0 Å². The predicted molar refractivity (Wildman–Crippen MR) is 75.8 cm³/mol. The zero-order valence-electron chi connectivity index (χ0n) is 11.5. The van der Waals surface area contributed by atoms with Crippen molar-refractivity contribution < 1.29 is 4.74 Å². The van der Waals surface area contributed by atoms with Crippen molar-refractivity contribution in [3.8, 4) is 0 Å². The van der Waals surface area contributed by atoms with Crippen LogP contribution >= 0.6 is 11.8 Å². The quantitative estimate of drug-likeness (QED) is 0.423. The van der Waals surface area contributed by atoms with Gasteiger partial charge in [0.2, 0.25) is 0 Å². The number of thioether (sulfide) groups is 1. The second-order valence-electron chi connectivity index (χ2n) is 4.59. The second-order valence-corrected chi connectivity index (χ2v) is 5.66. The van der Waals surface area contributed by atoms with Crippen LogP contribution in [-0.4, -0.2) is 36.0 Å². The molecule has 0 aliphatic heterocycles. The molecule has 0 radical (unpaired) electrons. The van der Waals surface area contributed by atoms with Crippen molar-refractivity contribution in [1.82, 2.24) is 15.3 Å². The Hall–Kier alpha value is -0.650. The van der Waals surface area contributed by atoms with Gasteiger partial charge in [-0.3, -0.25) is 0 Å². The first-order valence-corrected chi connectivity index (χ1v) is 7.34. The van der Waals surface area contributed by atoms with Crippen LogP contribution in [0.25, 0.3) is 0 Å². The minimum Gasteiger partial charge on any atom is -0.385 e. The standard InChI is InChI=1S/C13H23N3OS/c1-11(2)7-14-8-12-9-15-13(16-10-12)18-6-4-5-17-3/h9-11,14H,4-8H2,1-3H3. The van der Waals surface area contributed by atoms with Crippen LogP contribution in [0.15, 0.2) is 17.6 Å². The number of hydrogen-bond donors (Lipinski definition) is 1. The highest BCUT2D eigenvalue weighted by Crippen LogP contribution is 2.13. The molecule has 0 fully saturated rings. The first kappa shape index (κ1) is 15.4. The molecule has 0 aromatic carbocycles. The molecule has 0 saturated carbocycles. The molecule has 102 valence electrons. The van der Waals surface area contributed by atoms with E-state index in [9.17, 15) is 0 Å². The molecule has 1 N–H and O–H groups in total. The molecule has 0 amide bonds. The van der Waals surface area contributed by atoms with E-state index in [4.69, 9.17) is 4.74 Å². The molecule has 1 aromatic rings. The molecule has 5 heteroatoms. The fraction of sp³-hybridized carbons (Fsp3) is 0.692. The van der Waals surface area contributed by atoms with Crippen LogP contribution < -0.4 is 5.32 Å². The number of methoxy groups -OCH3 is 1. The summed E-state index contributed by atoms with van der Waals surface area (Å²) in [7, 11) is 1.72. The maximum atomic E-state index is 5.00. The fourth-order valence-electron chi connectivity index (χ4n) is 1.38. The van der Waals surface area contributed by atoms with E-state index in [0.29, 0.717) is 5.92 Å². The third kappa shape index (κ3) is 6.93. The first-order chi connectivity index (χ1) is 8.72. The van der Waals surface area contributed by atoms with E-state index in [2.05, 4.69) is 29.1 Å². The summed E-state index contributed by atoms with van der Waals surface area (Å²) in [6.45, 7) is 7.05. The number of aromatic nitrogens is 2. The summed E-state index contributed by atoms with van der Waals surface area (Å²) < 4.78 is 5.00. The molecule has 0 aliphatic carbocycles. The van der Waals surface area contributed by atoms with Gasteiger partial charge in [-0.25, -0.2) is 9.97 Å². The Kier molecular flexibility index (Phi) is 7.96. The lowest BCUT2D eigenvalue weighted by atomic mass is 10.2. The summed E-state index contributed by atoms with van der Waals surface area (Å²) in [6, 6.07) is 0. The Bertz CT molecular complexity index is 317. The van der Waals surface area contributed by atoms with Gasteiger partial charge in [-0.2, -0.15) is 0 Å². The van der Waals surface area contributed by atoms with E-state index in [1.165, 1.54) is 0 Å². The molecule has 0 aliphatic rings. The van der Waals surface area contributed by atoms with Crippen molar-refractivity contribution in [3.63, 3.8) is 0 Å². The topological polar surface area (TPSA) is 47.0 Å². The maximum absolute atomic E-state index is 5.00. The Morgan fingerprint density at radius 3 is 2.67 bits per heavy atom. The highest BCUT2D eigenvalue weighted by Gasteiger charge is 1.99. The number of hydrogen-bond acceptors (Lipinski definition) is 5. The molecule has 4 nitrogen and oxygen atoms in total. The summed E-state index contributed by atoms with van der Waals surface area (Å²) in [5, 5.41) is 4.22. The van der Waals surface area contributed by atoms with Crippen LogP contribution in [0.2, 0.25) is 0 Å². The van der Waals surface area contributed by atoms with E-state index < -0.39 is 0 Å². The summed E-state index contributed by atoms with van der Waals surface area (Å²) in [6.07, 6.45) is 4.83. The van der Waals surface area contributed by atoms with Gasteiger partial charge in [0.25, 0.3) is 0 Å². The molecule has 1 rings (SSSR count). The van der Waals surface area contributed by atoms with Crippen LogP contribution in [0.3, 0.4) is 0 Å². The Morgan fingerprint density at radius 1 is 1.33 bits per heavy atom. The number of nitrogens with zero attached hydrogens (tertiary/aromatic N) is 2. The van der Waals surface area contributed by atoms with Crippen molar-refractivity contribution in [3.05, 3.63) is 18.0 Å². The van der Waals surface area contributed by atoms with Gasteiger partial charge in [-0.1, -0.05) is 25.6 Å². The minimum absolute atomic E-state index is 0.668. The Labute approximate surface area is 114 Å². The Balaban J connectivity index is 2.24. The van der Waals surface area contributed by atoms with Gasteiger partial charge in [-0.15, -0.1) is 0 Å². The second kappa shape index (κ2) is 9.30. The van der Waals surface area contributed by atoms with Gasteiger partial charge in [0.1, 0.15) is 0 Å². The third-order valence-electron chi connectivity index (χ3n) is 2.29. The van der Waals surface area contributed by atoms with Gasteiger partial charge in [-0.05, 0) is 18.9 Å². The smallest absolute Gasteiger partial charge is 0.187 e. The van der Waals surface area contributed by atoms with Gasteiger partial charge < -0.3 is 10.1 Å². The van der Waals surface area contributed by atoms with Crippen LogP contribution in [0.1, 0.15) is 25.8 Å². The summed E-state index contributed by atoms with van der Waals surface area (Å²) >= 11 is 1.68. The van der Waals surface area contributed by atoms with Crippen LogP contribution in [0.5, 0.6) is 0 Å². The molecule has 1 aromatic heterocycles. The van der Waals surface area contributed by atoms with Crippen LogP contribution in [0.4, 0.5) is 0 Å². The normalized spacial score (nSPS) is 11.1. The zero-order valence-corrected chi connectivity index (χ0v) is 12.3. The molecule has 18 heavy (non-hydrogen) atoms.